The first kappa shape index (κ1) is 29.1. The van der Waals surface area contributed by atoms with Gasteiger partial charge in [-0.25, -0.2) is 4.39 Å². The highest BCUT2D eigenvalue weighted by Crippen LogP contribution is 2.55. The van der Waals surface area contributed by atoms with Gasteiger partial charge < -0.3 is 14.4 Å². The predicted molar refractivity (Wildman–Crippen MR) is 158 cm³/mol. The van der Waals surface area contributed by atoms with Gasteiger partial charge >= 0.3 is 0 Å². The Bertz CT molecular complexity index is 1380. The molecule has 0 bridgehead atoms. The first-order chi connectivity index (χ1) is 19.4. The van der Waals surface area contributed by atoms with Crippen LogP contribution >= 0.6 is 0 Å². The standard InChI is InChI=1S/C35H42FNO4/c1-7-15-37-25-17-34(3,4)19-27(38)32(25)31(33-26(37)18-35(5,6)20-28(33)39)22-13-14-29(30(16-22)40-8-2)41-21-23-11-9-10-12-24(23)36/h9-14,16,31H,7-8,15,17-21H2,1-6H3. The van der Waals surface area contributed by atoms with Crippen molar-refractivity contribution in [3.05, 3.63) is 81.9 Å². The molecule has 1 aliphatic heterocycles. The number of Topliss-reactive ketones (excluding diaryl/α,β-unsaturated/α-hetero) is 2. The van der Waals surface area contributed by atoms with Gasteiger partial charge in [0.05, 0.1) is 6.61 Å². The predicted octanol–water partition coefficient (Wildman–Crippen LogP) is 7.90. The molecule has 0 spiro atoms. The summed E-state index contributed by atoms with van der Waals surface area (Å²) in [5, 5.41) is 0. The molecule has 5 nitrogen and oxygen atoms in total. The molecule has 41 heavy (non-hydrogen) atoms. The molecule has 2 aromatic carbocycles. The van der Waals surface area contributed by atoms with Gasteiger partial charge in [0.1, 0.15) is 12.4 Å². The highest BCUT2D eigenvalue weighted by atomic mass is 19.1. The van der Waals surface area contributed by atoms with Gasteiger partial charge in [-0.3, -0.25) is 9.59 Å². The van der Waals surface area contributed by atoms with Crippen molar-refractivity contribution in [1.29, 1.82) is 0 Å². The fraction of sp³-hybridized carbons (Fsp3) is 0.486. The van der Waals surface area contributed by atoms with Gasteiger partial charge in [0.2, 0.25) is 0 Å². The van der Waals surface area contributed by atoms with Crippen LogP contribution in [0.1, 0.15) is 90.7 Å². The van der Waals surface area contributed by atoms with Crippen molar-refractivity contribution >= 4 is 11.6 Å². The smallest absolute Gasteiger partial charge is 0.162 e. The van der Waals surface area contributed by atoms with Crippen LogP contribution in [0.3, 0.4) is 0 Å². The van der Waals surface area contributed by atoms with Crippen LogP contribution in [0.15, 0.2) is 65.0 Å². The molecule has 3 aliphatic rings. The molecule has 0 atom stereocenters. The summed E-state index contributed by atoms with van der Waals surface area (Å²) in [7, 11) is 0. The highest BCUT2D eigenvalue weighted by molar-refractivity contribution is 6.06. The summed E-state index contributed by atoms with van der Waals surface area (Å²) in [6.45, 7) is 13.9. The van der Waals surface area contributed by atoms with Crippen molar-refractivity contribution in [3.8, 4) is 11.5 Å². The minimum atomic E-state index is -0.444. The second-order valence-electron chi connectivity index (χ2n) is 13.2. The third kappa shape index (κ3) is 5.71. The minimum Gasteiger partial charge on any atom is -0.490 e. The van der Waals surface area contributed by atoms with E-state index >= 15 is 0 Å². The van der Waals surface area contributed by atoms with Crippen LogP contribution < -0.4 is 9.47 Å². The number of benzene rings is 2. The Morgan fingerprint density at radius 3 is 2.00 bits per heavy atom. The van der Waals surface area contributed by atoms with Gasteiger partial charge in [-0.05, 0) is 60.8 Å². The van der Waals surface area contributed by atoms with Crippen molar-refractivity contribution in [2.24, 2.45) is 10.8 Å². The molecule has 1 heterocycles. The maximum Gasteiger partial charge on any atom is 0.162 e. The van der Waals surface area contributed by atoms with E-state index in [1.165, 1.54) is 6.07 Å². The van der Waals surface area contributed by atoms with Crippen molar-refractivity contribution in [3.63, 3.8) is 0 Å². The Balaban J connectivity index is 1.63. The highest BCUT2D eigenvalue weighted by Gasteiger charge is 2.48. The summed E-state index contributed by atoms with van der Waals surface area (Å²) in [5.74, 6) is 0.484. The molecule has 0 unspecified atom stereocenters. The number of halogens is 1. The Kier molecular flexibility index (Phi) is 7.88. The molecule has 0 saturated heterocycles. The van der Waals surface area contributed by atoms with Crippen LogP contribution in [0.2, 0.25) is 0 Å². The van der Waals surface area contributed by atoms with E-state index in [0.29, 0.717) is 36.5 Å². The number of hydrogen-bond donors (Lipinski definition) is 0. The summed E-state index contributed by atoms with van der Waals surface area (Å²) in [4.78, 5) is 30.2. The first-order valence-corrected chi connectivity index (χ1v) is 14.9. The lowest BCUT2D eigenvalue weighted by molar-refractivity contribution is -0.119. The van der Waals surface area contributed by atoms with Gasteiger partial charge in [0.15, 0.2) is 23.1 Å². The van der Waals surface area contributed by atoms with Gasteiger partial charge in [-0.15, -0.1) is 0 Å². The lowest BCUT2D eigenvalue weighted by atomic mass is 9.63. The molecule has 218 valence electrons. The van der Waals surface area contributed by atoms with Crippen LogP contribution in [0, 0.1) is 16.6 Å². The Morgan fingerprint density at radius 2 is 1.44 bits per heavy atom. The number of hydrogen-bond acceptors (Lipinski definition) is 5. The zero-order valence-electron chi connectivity index (χ0n) is 25.2. The molecule has 5 rings (SSSR count). The molecule has 0 saturated carbocycles. The third-order valence-electron chi connectivity index (χ3n) is 8.41. The number of rotatable bonds is 8. The number of ketones is 2. The maximum atomic E-state index is 14.2. The quantitative estimate of drug-likeness (QED) is 0.329. The van der Waals surface area contributed by atoms with Crippen molar-refractivity contribution in [2.75, 3.05) is 13.2 Å². The molecule has 0 amide bonds. The number of ether oxygens (including phenoxy) is 2. The number of carbonyl (C=O) groups is 2. The second kappa shape index (κ2) is 11.1. The van der Waals surface area contributed by atoms with E-state index in [-0.39, 0.29) is 34.8 Å². The Morgan fingerprint density at radius 1 is 0.829 bits per heavy atom. The van der Waals surface area contributed by atoms with Gasteiger partial charge in [-0.2, -0.15) is 0 Å². The summed E-state index contributed by atoms with van der Waals surface area (Å²) < 4.78 is 26.3. The molecule has 0 radical (unpaired) electrons. The number of allylic oxidation sites excluding steroid dienone is 4. The summed E-state index contributed by atoms with van der Waals surface area (Å²) in [6.07, 6.45) is 3.40. The largest absolute Gasteiger partial charge is 0.490 e. The van der Waals surface area contributed by atoms with Gasteiger partial charge in [0, 0.05) is 53.4 Å². The maximum absolute atomic E-state index is 14.2. The summed E-state index contributed by atoms with van der Waals surface area (Å²) >= 11 is 0. The van der Waals surface area contributed by atoms with Crippen molar-refractivity contribution < 1.29 is 23.5 Å². The van der Waals surface area contributed by atoms with Crippen LogP contribution in [-0.2, 0) is 16.2 Å². The van der Waals surface area contributed by atoms with Gasteiger partial charge in [-0.1, -0.05) is 58.9 Å². The van der Waals surface area contributed by atoms with E-state index in [9.17, 15) is 14.0 Å². The number of nitrogens with zero attached hydrogens (tertiary/aromatic N) is 1. The molecule has 0 fully saturated rings. The van der Waals surface area contributed by atoms with Crippen LogP contribution in [0.25, 0.3) is 0 Å². The van der Waals surface area contributed by atoms with E-state index in [4.69, 9.17) is 9.47 Å². The first-order valence-electron chi connectivity index (χ1n) is 14.9. The molecule has 0 aromatic heterocycles. The van der Waals surface area contributed by atoms with Crippen LogP contribution in [-0.4, -0.2) is 29.6 Å². The van der Waals surface area contributed by atoms with E-state index in [2.05, 4.69) is 39.5 Å². The Hall–Kier alpha value is -3.41. The topological polar surface area (TPSA) is 55.8 Å². The van der Waals surface area contributed by atoms with Gasteiger partial charge in [0.25, 0.3) is 0 Å². The number of carbonyl (C=O) groups excluding carboxylic acids is 2. The van der Waals surface area contributed by atoms with Crippen molar-refractivity contribution in [1.82, 2.24) is 4.90 Å². The lowest BCUT2D eigenvalue weighted by Crippen LogP contribution is -2.44. The fourth-order valence-electron chi connectivity index (χ4n) is 6.74. The van der Waals surface area contributed by atoms with E-state index in [0.717, 1.165) is 53.9 Å². The van der Waals surface area contributed by atoms with E-state index in [1.807, 2.05) is 25.1 Å². The van der Waals surface area contributed by atoms with E-state index < -0.39 is 5.92 Å². The molecule has 2 aromatic rings. The summed E-state index contributed by atoms with van der Waals surface area (Å²) in [5.41, 5.74) is 4.65. The molecule has 2 aliphatic carbocycles. The monoisotopic (exact) mass is 559 g/mol. The summed E-state index contributed by atoms with van der Waals surface area (Å²) in [6, 6.07) is 12.2. The fourth-order valence-corrected chi connectivity index (χ4v) is 6.74. The normalized spacial score (nSPS) is 20.2. The second-order valence-corrected chi connectivity index (χ2v) is 13.2. The SMILES string of the molecule is CCCN1C2=C(C(=O)CC(C)(C)C2)C(c2ccc(OCc3ccccc3F)c(OCC)c2)C2=C1CC(C)(C)CC2=O. The molecular weight excluding hydrogens is 517 g/mol. The van der Waals surface area contributed by atoms with Crippen LogP contribution in [0.4, 0.5) is 4.39 Å². The zero-order valence-corrected chi connectivity index (χ0v) is 25.2. The zero-order chi connectivity index (χ0) is 29.5. The molecule has 6 heteroatoms. The average molecular weight is 560 g/mol. The molecule has 0 N–H and O–H groups in total. The lowest BCUT2D eigenvalue weighted by Gasteiger charge is -2.49. The third-order valence-corrected chi connectivity index (χ3v) is 8.41. The minimum absolute atomic E-state index is 0.0627. The van der Waals surface area contributed by atoms with Crippen LogP contribution in [0.5, 0.6) is 11.5 Å². The Labute approximate surface area is 243 Å². The average Bonchev–Trinajstić information content (AvgIpc) is 2.88. The molecular formula is C35H42FNO4. The van der Waals surface area contributed by atoms with Crippen molar-refractivity contribution in [2.45, 2.75) is 86.2 Å². The van der Waals surface area contributed by atoms with E-state index in [1.54, 1.807) is 18.2 Å².